The number of ketones is 1. The van der Waals surface area contributed by atoms with Crippen LogP contribution in [0.15, 0.2) is 84.9 Å². The lowest BCUT2D eigenvalue weighted by atomic mass is 9.98. The molecule has 1 saturated heterocycles. The normalized spacial score (nSPS) is 13.7. The summed E-state index contributed by atoms with van der Waals surface area (Å²) in [5.74, 6) is -3.83. The molecule has 7 rings (SSSR count). The van der Waals surface area contributed by atoms with Gasteiger partial charge in [0.15, 0.2) is 5.78 Å². The second kappa shape index (κ2) is 13.3. The first-order chi connectivity index (χ1) is 22.0. The fraction of sp³-hybridized carbons (Fsp3) is 0.171. The third-order valence-corrected chi connectivity index (χ3v) is 7.46. The summed E-state index contributed by atoms with van der Waals surface area (Å²) in [4.78, 5) is 59.8. The van der Waals surface area contributed by atoms with Gasteiger partial charge >= 0.3 is 23.9 Å². The molecule has 0 saturated carbocycles. The fourth-order valence-corrected chi connectivity index (χ4v) is 5.19. The predicted octanol–water partition coefficient (Wildman–Crippen LogP) is 6.31. The van der Waals surface area contributed by atoms with Crippen LogP contribution in [0.5, 0.6) is 0 Å². The molecule has 46 heavy (non-hydrogen) atoms. The zero-order valence-electron chi connectivity index (χ0n) is 24.9. The van der Waals surface area contributed by atoms with Crippen molar-refractivity contribution in [2.75, 3.05) is 0 Å². The van der Waals surface area contributed by atoms with Gasteiger partial charge in [0.25, 0.3) is 6.29 Å². The lowest BCUT2D eigenvalue weighted by molar-refractivity contribution is -0.206. The molecule has 2 aromatic heterocycles. The molecule has 1 unspecified atom stereocenters. The first-order valence-corrected chi connectivity index (χ1v) is 14.3. The zero-order chi connectivity index (χ0) is 33.0. The second-order valence-corrected chi connectivity index (χ2v) is 10.7. The Morgan fingerprint density at radius 1 is 0.717 bits per heavy atom. The molecule has 0 radical (unpaired) electrons. The van der Waals surface area contributed by atoms with Crippen LogP contribution in [-0.4, -0.2) is 56.1 Å². The number of para-hydroxylation sites is 2. The second-order valence-electron chi connectivity index (χ2n) is 10.7. The van der Waals surface area contributed by atoms with Crippen molar-refractivity contribution in [2.45, 2.75) is 38.9 Å². The number of Topliss-reactive ketones (excluding diaryl/α,β-unsaturated/α-hetero) is 1. The summed E-state index contributed by atoms with van der Waals surface area (Å²) in [5.41, 5.74) is 6.01. The van der Waals surface area contributed by atoms with E-state index >= 15 is 0 Å². The highest BCUT2D eigenvalue weighted by Gasteiger charge is 2.33. The van der Waals surface area contributed by atoms with Gasteiger partial charge in [0, 0.05) is 49.2 Å². The van der Waals surface area contributed by atoms with E-state index in [0.717, 1.165) is 49.4 Å². The first-order valence-electron chi connectivity index (χ1n) is 14.3. The number of H-pyrrole nitrogens is 2. The predicted molar refractivity (Wildman–Crippen MR) is 171 cm³/mol. The number of cyclic esters (lactones) is 2. The molecule has 3 heterocycles. The van der Waals surface area contributed by atoms with Gasteiger partial charge in [0.2, 0.25) is 0 Å². The summed E-state index contributed by atoms with van der Waals surface area (Å²) in [5, 5.41) is 19.9. The van der Waals surface area contributed by atoms with E-state index in [0.29, 0.717) is 0 Å². The topological polar surface area (TPSA) is 176 Å². The van der Waals surface area contributed by atoms with Gasteiger partial charge in [0.05, 0.1) is 5.92 Å². The van der Waals surface area contributed by atoms with E-state index in [-0.39, 0.29) is 18.1 Å². The molecule has 234 valence electrons. The van der Waals surface area contributed by atoms with Gasteiger partial charge in [-0.15, -0.1) is 0 Å². The molecule has 11 nitrogen and oxygen atoms in total. The van der Waals surface area contributed by atoms with Crippen molar-refractivity contribution in [3.8, 4) is 0 Å². The lowest BCUT2D eigenvalue weighted by Crippen LogP contribution is -2.35. The summed E-state index contributed by atoms with van der Waals surface area (Å²) in [6.45, 7) is 3.47. The molecule has 1 aliphatic rings. The molecule has 1 fully saturated rings. The molecule has 0 amide bonds. The minimum atomic E-state index is -1.31. The third-order valence-electron chi connectivity index (χ3n) is 7.46. The van der Waals surface area contributed by atoms with Gasteiger partial charge in [-0.25, -0.2) is 0 Å². The molecule has 1 aliphatic heterocycles. The number of aromatic nitrogens is 2. The summed E-state index contributed by atoms with van der Waals surface area (Å²) in [6, 6.07) is 28.0. The highest BCUT2D eigenvalue weighted by Crippen LogP contribution is 2.31. The summed E-state index contributed by atoms with van der Waals surface area (Å²) in [7, 11) is 0. The number of rotatable bonds is 5. The number of carbonyl (C=O) groups is 5. The highest BCUT2D eigenvalue weighted by atomic mass is 16.7. The van der Waals surface area contributed by atoms with Crippen molar-refractivity contribution >= 4 is 73.3 Å². The highest BCUT2D eigenvalue weighted by molar-refractivity contribution is 6.10. The number of nitrogens with one attached hydrogen (secondary N) is 2. The summed E-state index contributed by atoms with van der Waals surface area (Å²) >= 11 is 0. The molecular formula is C35H30N2O9. The van der Waals surface area contributed by atoms with Gasteiger partial charge in [0.1, 0.15) is 12.8 Å². The maximum atomic E-state index is 11.4. The van der Waals surface area contributed by atoms with Crippen LogP contribution in [0.1, 0.15) is 48.5 Å². The van der Waals surface area contributed by atoms with Crippen molar-refractivity contribution in [2.24, 2.45) is 0 Å². The zero-order valence-corrected chi connectivity index (χ0v) is 24.9. The number of hydrogen-bond donors (Lipinski definition) is 4. The summed E-state index contributed by atoms with van der Waals surface area (Å²) < 4.78 is 10.3. The van der Waals surface area contributed by atoms with E-state index in [9.17, 15) is 24.0 Å². The number of carboxylic acids is 2. The molecule has 4 N–H and O–H groups in total. The SMILES string of the molecule is CC(=O)c1ccc2[nH]c3ccccc3c2c1.CC(c1ccc2[nH]c3ccccc3c2c1)C1OC(=O)CC(=O)O1.O=C(O)CC(=O)O. The Bertz CT molecular complexity index is 2100. The molecule has 4 aromatic carbocycles. The van der Waals surface area contributed by atoms with Crippen LogP contribution < -0.4 is 0 Å². The van der Waals surface area contributed by atoms with Gasteiger partial charge in [-0.2, -0.15) is 0 Å². The Morgan fingerprint density at radius 3 is 1.70 bits per heavy atom. The Kier molecular flexibility index (Phi) is 9.13. The van der Waals surface area contributed by atoms with Gasteiger partial charge in [-0.3, -0.25) is 24.0 Å². The van der Waals surface area contributed by atoms with Crippen molar-refractivity contribution < 1.29 is 43.7 Å². The maximum Gasteiger partial charge on any atom is 0.320 e. The van der Waals surface area contributed by atoms with E-state index < -0.39 is 36.6 Å². The number of aliphatic carboxylic acids is 2. The summed E-state index contributed by atoms with van der Waals surface area (Å²) in [6.07, 6.45) is -1.99. The van der Waals surface area contributed by atoms with E-state index in [4.69, 9.17) is 19.7 Å². The number of aromatic amines is 2. The van der Waals surface area contributed by atoms with Crippen LogP contribution in [-0.2, 0) is 28.7 Å². The number of carboxylic acid groups (broad SMARTS) is 2. The van der Waals surface area contributed by atoms with Gasteiger partial charge in [-0.1, -0.05) is 49.4 Å². The van der Waals surface area contributed by atoms with Crippen molar-refractivity contribution in [3.05, 3.63) is 96.1 Å². The molecule has 6 aromatic rings. The van der Waals surface area contributed by atoms with Crippen molar-refractivity contribution in [3.63, 3.8) is 0 Å². The average molecular weight is 623 g/mol. The quantitative estimate of drug-likeness (QED) is 0.0975. The van der Waals surface area contributed by atoms with E-state index in [1.54, 1.807) is 6.92 Å². The van der Waals surface area contributed by atoms with Crippen LogP contribution in [0.3, 0.4) is 0 Å². The van der Waals surface area contributed by atoms with E-state index in [1.165, 1.54) is 5.39 Å². The van der Waals surface area contributed by atoms with Crippen LogP contribution in [0, 0.1) is 0 Å². The van der Waals surface area contributed by atoms with E-state index in [1.807, 2.05) is 73.7 Å². The largest absolute Gasteiger partial charge is 0.481 e. The van der Waals surface area contributed by atoms with E-state index in [2.05, 4.69) is 28.2 Å². The van der Waals surface area contributed by atoms with Crippen LogP contribution in [0.25, 0.3) is 43.6 Å². The maximum absolute atomic E-state index is 11.4. The van der Waals surface area contributed by atoms with Gasteiger partial charge in [-0.05, 0) is 55.0 Å². The molecule has 11 heteroatoms. The van der Waals surface area contributed by atoms with Crippen molar-refractivity contribution in [1.29, 1.82) is 0 Å². The molecule has 0 aliphatic carbocycles. The monoisotopic (exact) mass is 622 g/mol. The Hall–Kier alpha value is -5.97. The molecule has 0 bridgehead atoms. The Labute approximate surface area is 261 Å². The minimum Gasteiger partial charge on any atom is -0.481 e. The Balaban J connectivity index is 0.000000157. The number of esters is 2. The number of benzene rings is 4. The average Bonchev–Trinajstić information content (AvgIpc) is 3.57. The standard InChI is InChI=1S/C18H15NO4.C14H11NO.C3H4O4/c1-10(18-22-16(20)9-17(21)23-18)11-6-7-15-13(8-11)12-4-2-3-5-14(12)19-15;1-9(16)10-6-7-14-12(8-10)11-4-2-3-5-13(11)15-14;4-2(5)1-3(6)7/h2-8,10,18-19H,9H2,1H3;2-8,15H,1H3;1H2,(H,4,5)(H,6,7). The number of hydrogen-bond acceptors (Lipinski definition) is 7. The number of carbonyl (C=O) groups excluding carboxylic acids is 3. The van der Waals surface area contributed by atoms with Gasteiger partial charge < -0.3 is 29.7 Å². The Morgan fingerprint density at radius 2 is 1.20 bits per heavy atom. The third kappa shape index (κ3) is 7.05. The lowest BCUT2D eigenvalue weighted by Gasteiger charge is -2.27. The number of ether oxygens (including phenoxy) is 2. The first kappa shape index (κ1) is 31.5. The van der Waals surface area contributed by atoms with Crippen LogP contribution in [0.4, 0.5) is 0 Å². The molecule has 1 atom stereocenters. The minimum absolute atomic E-state index is 0.104. The van der Waals surface area contributed by atoms with Crippen molar-refractivity contribution in [1.82, 2.24) is 9.97 Å². The van der Waals surface area contributed by atoms with Crippen LogP contribution >= 0.6 is 0 Å². The number of fused-ring (bicyclic) bond motifs is 6. The molecule has 0 spiro atoms. The molecular weight excluding hydrogens is 592 g/mol. The fourth-order valence-electron chi connectivity index (χ4n) is 5.19. The smallest absolute Gasteiger partial charge is 0.320 e. The van der Waals surface area contributed by atoms with Crippen LogP contribution in [0.2, 0.25) is 0 Å².